The predicted molar refractivity (Wildman–Crippen MR) is 307 cm³/mol. The SMILES string of the molecule is C=Cc1cccc(-c2ccc3c(c2)C2(c4ccccc4-c4ccc(-c5ccc(-c6ccc(N(c7ccc(-c8ccccc8)cc7)c7ccc8c(c7)C(C)(C)c7ccccc7-8)cc6)cc5)cc42)c2ccccc2-3)c1. The van der Waals surface area contributed by atoms with Crippen molar-refractivity contribution in [3.05, 3.63) is 300 Å². The van der Waals surface area contributed by atoms with Gasteiger partial charge in [0.2, 0.25) is 0 Å². The molecule has 0 aliphatic heterocycles. The van der Waals surface area contributed by atoms with Crippen molar-refractivity contribution in [2.45, 2.75) is 24.7 Å². The molecular weight excluding hydrogens is 879 g/mol. The van der Waals surface area contributed by atoms with Gasteiger partial charge in [-0.25, -0.2) is 0 Å². The minimum Gasteiger partial charge on any atom is -0.310 e. The summed E-state index contributed by atoms with van der Waals surface area (Å²) in [7, 11) is 0. The monoisotopic (exact) mass is 929 g/mol. The molecular formula is C72H51N. The Labute approximate surface area is 428 Å². The summed E-state index contributed by atoms with van der Waals surface area (Å²) in [4.78, 5) is 2.40. The van der Waals surface area contributed by atoms with Crippen LogP contribution in [0, 0.1) is 0 Å². The van der Waals surface area contributed by atoms with E-state index in [0.29, 0.717) is 0 Å². The van der Waals surface area contributed by atoms with E-state index in [2.05, 4.69) is 280 Å². The summed E-state index contributed by atoms with van der Waals surface area (Å²) in [6.45, 7) is 8.78. The van der Waals surface area contributed by atoms with Gasteiger partial charge in [-0.05, 0) is 171 Å². The second-order valence-electron chi connectivity index (χ2n) is 20.5. The average molecular weight is 930 g/mol. The molecule has 0 radical (unpaired) electrons. The summed E-state index contributed by atoms with van der Waals surface area (Å²) in [6, 6.07) is 94.9. The first-order chi connectivity index (χ1) is 35.9. The van der Waals surface area contributed by atoms with E-state index in [9.17, 15) is 0 Å². The Balaban J connectivity index is 0.825. The van der Waals surface area contributed by atoms with E-state index < -0.39 is 5.41 Å². The van der Waals surface area contributed by atoms with Crippen LogP contribution in [0.5, 0.6) is 0 Å². The second-order valence-corrected chi connectivity index (χ2v) is 20.5. The third-order valence-electron chi connectivity index (χ3n) is 16.3. The van der Waals surface area contributed by atoms with Crippen LogP contribution in [0.15, 0.2) is 261 Å². The lowest BCUT2D eigenvalue weighted by Crippen LogP contribution is -2.26. The Bertz CT molecular complexity index is 3980. The largest absolute Gasteiger partial charge is 0.310 e. The predicted octanol–water partition coefficient (Wildman–Crippen LogP) is 19.1. The normalized spacial score (nSPS) is 14.9. The summed E-state index contributed by atoms with van der Waals surface area (Å²) in [5, 5.41) is 0. The molecule has 1 spiro atoms. The van der Waals surface area contributed by atoms with Gasteiger partial charge < -0.3 is 4.90 Å². The van der Waals surface area contributed by atoms with E-state index in [1.54, 1.807) is 0 Å². The lowest BCUT2D eigenvalue weighted by Gasteiger charge is -2.31. The Kier molecular flexibility index (Phi) is 9.69. The molecule has 11 aromatic rings. The maximum absolute atomic E-state index is 4.06. The van der Waals surface area contributed by atoms with Crippen LogP contribution in [0.1, 0.15) is 52.8 Å². The molecule has 1 nitrogen and oxygen atoms in total. The highest BCUT2D eigenvalue weighted by Gasteiger charge is 2.51. The molecule has 0 amide bonds. The molecule has 11 aromatic carbocycles. The van der Waals surface area contributed by atoms with Gasteiger partial charge in [-0.3, -0.25) is 0 Å². The van der Waals surface area contributed by atoms with Crippen molar-refractivity contribution in [2.75, 3.05) is 4.90 Å². The number of anilines is 3. The Morgan fingerprint density at radius 2 is 0.658 bits per heavy atom. The zero-order valence-electron chi connectivity index (χ0n) is 41.0. The Morgan fingerprint density at radius 3 is 1.22 bits per heavy atom. The molecule has 0 aromatic heterocycles. The van der Waals surface area contributed by atoms with E-state index in [1.807, 2.05) is 6.08 Å². The summed E-state index contributed by atoms with van der Waals surface area (Å²) in [5.74, 6) is 0. The van der Waals surface area contributed by atoms with Crippen LogP contribution in [0.3, 0.4) is 0 Å². The van der Waals surface area contributed by atoms with Crippen molar-refractivity contribution in [1.82, 2.24) is 0 Å². The molecule has 0 N–H and O–H groups in total. The quantitative estimate of drug-likeness (QED) is 0.147. The first-order valence-electron chi connectivity index (χ1n) is 25.5. The molecule has 0 heterocycles. The first kappa shape index (κ1) is 42.8. The third-order valence-corrected chi connectivity index (χ3v) is 16.3. The second kappa shape index (κ2) is 16.5. The number of nitrogens with zero attached hydrogens (tertiary/aromatic N) is 1. The maximum atomic E-state index is 4.06. The van der Waals surface area contributed by atoms with Gasteiger partial charge in [0.15, 0.2) is 0 Å². The van der Waals surface area contributed by atoms with Crippen molar-refractivity contribution >= 4 is 23.1 Å². The van der Waals surface area contributed by atoms with E-state index >= 15 is 0 Å². The molecule has 0 bridgehead atoms. The molecule has 3 aliphatic carbocycles. The third kappa shape index (κ3) is 6.55. The summed E-state index contributed by atoms with van der Waals surface area (Å²) >= 11 is 0. The van der Waals surface area contributed by atoms with Gasteiger partial charge in [0, 0.05) is 22.5 Å². The van der Waals surface area contributed by atoms with Gasteiger partial charge in [0.05, 0.1) is 5.41 Å². The fraction of sp³-hybridized carbons (Fsp3) is 0.0556. The lowest BCUT2D eigenvalue weighted by molar-refractivity contribution is 0.660. The molecule has 344 valence electrons. The fourth-order valence-electron chi connectivity index (χ4n) is 12.7. The zero-order chi connectivity index (χ0) is 48.8. The highest BCUT2D eigenvalue weighted by Crippen LogP contribution is 2.63. The highest BCUT2D eigenvalue weighted by atomic mass is 15.1. The number of hydrogen-bond acceptors (Lipinski definition) is 1. The smallest absolute Gasteiger partial charge is 0.0725 e. The molecule has 1 atom stereocenters. The van der Waals surface area contributed by atoms with Gasteiger partial charge in [0.25, 0.3) is 0 Å². The van der Waals surface area contributed by atoms with E-state index in [1.165, 1.54) is 111 Å². The number of rotatable bonds is 8. The molecule has 1 unspecified atom stereocenters. The minimum absolute atomic E-state index is 0.108. The van der Waals surface area contributed by atoms with Crippen molar-refractivity contribution in [2.24, 2.45) is 0 Å². The van der Waals surface area contributed by atoms with Crippen LogP contribution >= 0.6 is 0 Å². The zero-order valence-corrected chi connectivity index (χ0v) is 41.0. The topological polar surface area (TPSA) is 3.24 Å². The van der Waals surface area contributed by atoms with Gasteiger partial charge in [-0.1, -0.05) is 227 Å². The van der Waals surface area contributed by atoms with Crippen LogP contribution < -0.4 is 4.90 Å². The van der Waals surface area contributed by atoms with Gasteiger partial charge in [-0.15, -0.1) is 0 Å². The lowest BCUT2D eigenvalue weighted by atomic mass is 9.70. The molecule has 14 rings (SSSR count). The average Bonchev–Trinajstić information content (AvgIpc) is 4.03. The van der Waals surface area contributed by atoms with Crippen LogP contribution in [0.25, 0.3) is 84.0 Å². The Hall–Kier alpha value is -9.04. The van der Waals surface area contributed by atoms with Gasteiger partial charge >= 0.3 is 0 Å². The van der Waals surface area contributed by atoms with Gasteiger partial charge in [0.1, 0.15) is 0 Å². The van der Waals surface area contributed by atoms with Crippen molar-refractivity contribution in [3.63, 3.8) is 0 Å². The van der Waals surface area contributed by atoms with Crippen LogP contribution in [-0.4, -0.2) is 0 Å². The maximum Gasteiger partial charge on any atom is 0.0725 e. The minimum atomic E-state index is -0.458. The van der Waals surface area contributed by atoms with Crippen molar-refractivity contribution < 1.29 is 0 Å². The van der Waals surface area contributed by atoms with Crippen LogP contribution in [-0.2, 0) is 10.8 Å². The van der Waals surface area contributed by atoms with E-state index in [4.69, 9.17) is 0 Å². The van der Waals surface area contributed by atoms with Crippen LogP contribution in [0.2, 0.25) is 0 Å². The molecule has 0 fully saturated rings. The number of benzene rings is 11. The van der Waals surface area contributed by atoms with E-state index in [-0.39, 0.29) is 5.41 Å². The number of hydrogen-bond donors (Lipinski definition) is 0. The summed E-state index contributed by atoms with van der Waals surface area (Å²) in [6.07, 6.45) is 1.93. The molecule has 73 heavy (non-hydrogen) atoms. The number of fused-ring (bicyclic) bond motifs is 13. The van der Waals surface area contributed by atoms with Gasteiger partial charge in [-0.2, -0.15) is 0 Å². The van der Waals surface area contributed by atoms with Crippen molar-refractivity contribution in [3.8, 4) is 77.9 Å². The molecule has 3 aliphatic rings. The first-order valence-corrected chi connectivity index (χ1v) is 25.5. The molecule has 0 saturated heterocycles. The summed E-state index contributed by atoms with van der Waals surface area (Å²) < 4.78 is 0. The van der Waals surface area contributed by atoms with Crippen LogP contribution in [0.4, 0.5) is 17.1 Å². The van der Waals surface area contributed by atoms with Crippen molar-refractivity contribution in [1.29, 1.82) is 0 Å². The Morgan fingerprint density at radius 1 is 0.288 bits per heavy atom. The fourth-order valence-corrected chi connectivity index (χ4v) is 12.7. The van der Waals surface area contributed by atoms with E-state index in [0.717, 1.165) is 22.6 Å². The highest BCUT2D eigenvalue weighted by molar-refractivity contribution is 5.97. The molecule has 1 heteroatoms. The summed E-state index contributed by atoms with van der Waals surface area (Å²) in [5.41, 5.74) is 29.5. The standard InChI is InChI=1S/C72H51N/c1-4-47-15-14-18-53(43-47)55-34-41-64-61-21-10-13-24-67(61)72(70(64)45-55)66-23-12-9-20-60(66)63-40-33-54(44-69(63)72)52-27-25-49(26-28-52)51-31-37-57(38-32-51)73(56-35-29-50(30-36-56)48-16-6-5-7-17-48)58-39-42-62-59-19-8-11-22-65(59)71(2,3)68(62)46-58/h4-46H,1H2,2-3H3. The molecule has 0 saturated carbocycles.